The molecule has 0 fully saturated rings. The fraction of sp³-hybridized carbons (Fsp3) is 0.545. The molecule has 2 aromatic rings. The highest BCUT2D eigenvalue weighted by atomic mass is 32.2. The Morgan fingerprint density at radius 2 is 1.97 bits per heavy atom. The standard InChI is InChI=1S/C16H23NO2.C6H10N2O3S2/c1-9(2)12-5-11-7-19-8-14(11)16(10(3)4)13(12)6-15(17)18;1-6(10,3-9)5-8-2-4(12-5)13(7)11/h5,9-10H,6-8H2,1-4H3,(H2,17,18);2,9-10H,3,7H2,1H3. The molecule has 2 atom stereocenters. The number of thiazole rings is 1. The van der Waals surface area contributed by atoms with Crippen LogP contribution in [0.2, 0.25) is 0 Å². The molecule has 8 nitrogen and oxygen atoms in total. The van der Waals surface area contributed by atoms with Crippen LogP contribution in [0.3, 0.4) is 0 Å². The van der Waals surface area contributed by atoms with Crippen molar-refractivity contribution in [2.24, 2.45) is 10.9 Å². The number of benzene rings is 1. The predicted octanol–water partition coefficient (Wildman–Crippen LogP) is 2.32. The van der Waals surface area contributed by atoms with E-state index in [1.165, 1.54) is 35.4 Å². The second kappa shape index (κ2) is 11.0. The van der Waals surface area contributed by atoms with Crippen molar-refractivity contribution in [1.29, 1.82) is 0 Å². The summed E-state index contributed by atoms with van der Waals surface area (Å²) in [5, 5.41) is 23.8. The summed E-state index contributed by atoms with van der Waals surface area (Å²) in [6.07, 6.45) is 1.66. The minimum atomic E-state index is -1.58. The maximum atomic E-state index is 11.4. The number of fused-ring (bicyclic) bond motifs is 1. The van der Waals surface area contributed by atoms with E-state index < -0.39 is 23.2 Å². The summed E-state index contributed by atoms with van der Waals surface area (Å²) in [5.74, 6) is 0.504. The first-order valence-corrected chi connectivity index (χ1v) is 12.4. The second-order valence-corrected chi connectivity index (χ2v) is 11.0. The van der Waals surface area contributed by atoms with Crippen LogP contribution >= 0.6 is 11.3 Å². The van der Waals surface area contributed by atoms with Gasteiger partial charge in [-0.3, -0.25) is 4.79 Å². The van der Waals surface area contributed by atoms with Crippen molar-refractivity contribution in [2.45, 2.75) is 75.9 Å². The van der Waals surface area contributed by atoms with Crippen LogP contribution in [0.1, 0.15) is 79.3 Å². The predicted molar refractivity (Wildman–Crippen MR) is 125 cm³/mol. The van der Waals surface area contributed by atoms with E-state index in [1.807, 2.05) is 0 Å². The lowest BCUT2D eigenvalue weighted by Crippen LogP contribution is -2.25. The largest absolute Gasteiger partial charge is 0.393 e. The van der Waals surface area contributed by atoms with Crippen LogP contribution in [-0.2, 0) is 45.8 Å². The van der Waals surface area contributed by atoms with Crippen LogP contribution in [-0.4, -0.2) is 31.9 Å². The number of hydrogen-bond donors (Lipinski definition) is 4. The summed E-state index contributed by atoms with van der Waals surface area (Å²) in [6, 6.07) is 2.21. The molecule has 0 saturated heterocycles. The number of amides is 1. The highest BCUT2D eigenvalue weighted by Gasteiger charge is 2.27. The number of aliphatic hydroxyl groups excluding tert-OH is 1. The summed E-state index contributed by atoms with van der Waals surface area (Å²) in [4.78, 5) is 15.2. The number of carbonyl (C=O) groups excluding carboxylic acids is 1. The molecule has 0 spiro atoms. The normalized spacial score (nSPS) is 15.8. The van der Waals surface area contributed by atoms with E-state index >= 15 is 0 Å². The Morgan fingerprint density at radius 3 is 2.44 bits per heavy atom. The molecule has 10 heteroatoms. The molecule has 1 aliphatic heterocycles. The third-order valence-electron chi connectivity index (χ3n) is 5.22. The second-order valence-electron chi connectivity index (χ2n) is 8.65. The van der Waals surface area contributed by atoms with Crippen LogP contribution in [0, 0.1) is 0 Å². The molecule has 32 heavy (non-hydrogen) atoms. The summed E-state index contributed by atoms with van der Waals surface area (Å²) in [7, 11) is -1.58. The summed E-state index contributed by atoms with van der Waals surface area (Å²) >= 11 is 1.03. The van der Waals surface area contributed by atoms with E-state index in [-0.39, 0.29) is 5.91 Å². The SMILES string of the molecule is CC(C)c1cc2c(c(C(C)C)c1CC(N)=O)COC2.CC(O)(CO)c1ncc(S(N)=O)s1. The maximum Gasteiger partial charge on any atom is 0.221 e. The molecule has 0 radical (unpaired) electrons. The average Bonchev–Trinajstić information content (AvgIpc) is 3.36. The van der Waals surface area contributed by atoms with Gasteiger partial charge in [0.05, 0.1) is 32.4 Å². The fourth-order valence-corrected chi connectivity index (χ4v) is 5.10. The number of hydrogen-bond acceptors (Lipinski definition) is 7. The van der Waals surface area contributed by atoms with Gasteiger partial charge in [0.1, 0.15) is 25.8 Å². The fourth-order valence-electron chi connectivity index (χ4n) is 3.69. The molecule has 0 saturated carbocycles. The number of aliphatic hydroxyl groups is 2. The Kier molecular flexibility index (Phi) is 9.09. The molecule has 1 aromatic heterocycles. The Bertz CT molecular complexity index is 986. The third-order valence-corrected chi connectivity index (χ3v) is 7.51. The summed E-state index contributed by atoms with van der Waals surface area (Å²) in [5.41, 5.74) is 10.2. The van der Waals surface area contributed by atoms with Crippen LogP contribution in [0.15, 0.2) is 16.5 Å². The molecule has 3 rings (SSSR count). The molecule has 1 aromatic carbocycles. The van der Waals surface area contributed by atoms with Crippen molar-refractivity contribution in [3.05, 3.63) is 45.1 Å². The molecule has 0 bridgehead atoms. The van der Waals surface area contributed by atoms with Gasteiger partial charge < -0.3 is 20.7 Å². The molecule has 2 unspecified atom stereocenters. The van der Waals surface area contributed by atoms with Crippen molar-refractivity contribution in [1.82, 2.24) is 4.98 Å². The summed E-state index contributed by atoms with van der Waals surface area (Å²) in [6.45, 7) is 11.0. The number of rotatable bonds is 7. The molecule has 1 aliphatic rings. The van der Waals surface area contributed by atoms with Crippen LogP contribution < -0.4 is 10.9 Å². The monoisotopic (exact) mass is 483 g/mol. The smallest absolute Gasteiger partial charge is 0.221 e. The zero-order chi connectivity index (χ0) is 24.2. The average molecular weight is 484 g/mol. The quantitative estimate of drug-likeness (QED) is 0.475. The van der Waals surface area contributed by atoms with Gasteiger partial charge in [0, 0.05) is 0 Å². The first-order valence-electron chi connectivity index (χ1n) is 10.4. The van der Waals surface area contributed by atoms with E-state index in [4.69, 9.17) is 20.7 Å². The van der Waals surface area contributed by atoms with Crippen LogP contribution in [0.5, 0.6) is 0 Å². The third kappa shape index (κ3) is 6.21. The van der Waals surface area contributed by atoms with E-state index in [1.54, 1.807) is 0 Å². The van der Waals surface area contributed by atoms with Gasteiger partial charge in [-0.2, -0.15) is 0 Å². The number of primary amides is 1. The van der Waals surface area contributed by atoms with Gasteiger partial charge in [-0.15, -0.1) is 11.3 Å². The van der Waals surface area contributed by atoms with Gasteiger partial charge >= 0.3 is 0 Å². The number of nitrogens with two attached hydrogens (primary N) is 2. The van der Waals surface area contributed by atoms with Gasteiger partial charge in [-0.05, 0) is 46.6 Å². The Labute approximate surface area is 195 Å². The van der Waals surface area contributed by atoms with Crippen LogP contribution in [0.25, 0.3) is 0 Å². The van der Waals surface area contributed by atoms with Gasteiger partial charge in [0.15, 0.2) is 0 Å². The number of ether oxygens (including phenoxy) is 1. The van der Waals surface area contributed by atoms with Crippen molar-refractivity contribution < 1.29 is 24.0 Å². The molecule has 178 valence electrons. The van der Waals surface area contributed by atoms with E-state index in [0.717, 1.165) is 16.9 Å². The number of aromatic nitrogens is 1. The van der Waals surface area contributed by atoms with Crippen molar-refractivity contribution in [3.63, 3.8) is 0 Å². The van der Waals surface area contributed by atoms with Crippen molar-refractivity contribution in [3.8, 4) is 0 Å². The summed E-state index contributed by atoms with van der Waals surface area (Å²) < 4.78 is 16.8. The molecule has 2 heterocycles. The van der Waals surface area contributed by atoms with E-state index in [0.29, 0.717) is 40.7 Å². The highest BCUT2D eigenvalue weighted by molar-refractivity contribution is 7.85. The van der Waals surface area contributed by atoms with Gasteiger partial charge in [-0.1, -0.05) is 33.8 Å². The maximum absolute atomic E-state index is 11.4. The Balaban J connectivity index is 0.000000244. The van der Waals surface area contributed by atoms with Crippen molar-refractivity contribution in [2.75, 3.05) is 6.61 Å². The van der Waals surface area contributed by atoms with Gasteiger partial charge in [-0.25, -0.2) is 14.3 Å². The topological polar surface area (TPSA) is 149 Å². The van der Waals surface area contributed by atoms with Crippen LogP contribution in [0.4, 0.5) is 0 Å². The zero-order valence-electron chi connectivity index (χ0n) is 19.2. The minimum absolute atomic E-state index is 0.261. The van der Waals surface area contributed by atoms with Crippen molar-refractivity contribution >= 4 is 28.2 Å². The molecular formula is C22H33N3O5S2. The molecular weight excluding hydrogens is 450 g/mol. The molecule has 0 aliphatic carbocycles. The number of carbonyl (C=O) groups is 1. The van der Waals surface area contributed by atoms with Gasteiger partial charge in [0.25, 0.3) is 0 Å². The molecule has 1 amide bonds. The van der Waals surface area contributed by atoms with E-state index in [9.17, 15) is 14.1 Å². The first-order chi connectivity index (χ1) is 14.9. The lowest BCUT2D eigenvalue weighted by atomic mass is 9.82. The Hall–Kier alpha value is -1.69. The van der Waals surface area contributed by atoms with Gasteiger partial charge in [0.2, 0.25) is 5.91 Å². The van der Waals surface area contributed by atoms with E-state index in [2.05, 4.69) is 38.7 Å². The lowest BCUT2D eigenvalue weighted by molar-refractivity contribution is -0.117. The highest BCUT2D eigenvalue weighted by Crippen LogP contribution is 2.37. The lowest BCUT2D eigenvalue weighted by Gasteiger charge is -2.22. The zero-order valence-corrected chi connectivity index (χ0v) is 20.8. The molecule has 6 N–H and O–H groups in total. The number of nitrogens with zero attached hydrogens (tertiary/aromatic N) is 1. The Morgan fingerprint density at radius 1 is 1.31 bits per heavy atom. The minimum Gasteiger partial charge on any atom is -0.393 e. The first kappa shape index (κ1) is 26.6.